The van der Waals surface area contributed by atoms with E-state index in [1.165, 1.54) is 6.92 Å². The minimum atomic E-state index is -1.43. The smallest absolute Gasteiger partial charge is 0.326 e. The molecule has 2 aromatic rings. The molecule has 12 heteroatoms. The number of hydrogen-bond donors (Lipinski definition) is 8. The monoisotopic (exact) mass is 465 g/mol. The van der Waals surface area contributed by atoms with Crippen LogP contribution in [0.15, 0.2) is 30.5 Å². The van der Waals surface area contributed by atoms with Crippen molar-refractivity contribution >= 4 is 47.2 Å². The molecule has 0 fully saturated rings. The van der Waals surface area contributed by atoms with Crippen LogP contribution in [-0.4, -0.2) is 75.4 Å². The Kier molecular flexibility index (Phi) is 9.05. The number of carbonyl (C=O) groups is 4. The normalized spacial score (nSPS) is 14.8. The second kappa shape index (κ2) is 11.5. The number of thiol groups is 1. The summed E-state index contributed by atoms with van der Waals surface area (Å²) in [6.07, 6.45) is 0.333. The Balaban J connectivity index is 2.03. The van der Waals surface area contributed by atoms with Crippen LogP contribution in [0.3, 0.4) is 0 Å². The quantitative estimate of drug-likeness (QED) is 0.186. The highest BCUT2D eigenvalue weighted by Gasteiger charge is 2.30. The molecule has 3 amide bonds. The first-order valence-corrected chi connectivity index (χ1v) is 10.5. The van der Waals surface area contributed by atoms with Crippen molar-refractivity contribution in [3.63, 3.8) is 0 Å². The minimum absolute atomic E-state index is 0.0107. The molecule has 0 aliphatic heterocycles. The Labute approximate surface area is 189 Å². The number of nitrogens with one attached hydrogen (secondary N) is 4. The zero-order valence-corrected chi connectivity index (χ0v) is 18.3. The van der Waals surface area contributed by atoms with Gasteiger partial charge in [0.05, 0.1) is 18.7 Å². The first-order valence-electron chi connectivity index (χ1n) is 9.83. The summed E-state index contributed by atoms with van der Waals surface area (Å²) in [4.78, 5) is 51.2. The number of nitrogens with two attached hydrogens (primary N) is 1. The predicted molar refractivity (Wildman–Crippen MR) is 120 cm³/mol. The van der Waals surface area contributed by atoms with Gasteiger partial charge in [0.25, 0.3) is 0 Å². The minimum Gasteiger partial charge on any atom is -0.480 e. The first kappa shape index (κ1) is 25.2. The number of hydrogen-bond acceptors (Lipinski definition) is 7. The van der Waals surface area contributed by atoms with Gasteiger partial charge in [0.1, 0.15) is 12.1 Å². The highest BCUT2D eigenvalue weighted by atomic mass is 32.1. The fraction of sp³-hybridized carbons (Fsp3) is 0.400. The van der Waals surface area contributed by atoms with Crippen LogP contribution >= 0.6 is 12.6 Å². The third-order valence-corrected chi connectivity index (χ3v) is 5.14. The fourth-order valence-electron chi connectivity index (χ4n) is 2.99. The van der Waals surface area contributed by atoms with Crippen molar-refractivity contribution in [1.82, 2.24) is 20.9 Å². The largest absolute Gasteiger partial charge is 0.480 e. The van der Waals surface area contributed by atoms with Crippen molar-refractivity contribution in [2.75, 3.05) is 12.3 Å². The highest BCUT2D eigenvalue weighted by molar-refractivity contribution is 7.80. The van der Waals surface area contributed by atoms with Crippen LogP contribution in [0.1, 0.15) is 12.5 Å². The maximum absolute atomic E-state index is 12.6. The fourth-order valence-corrected chi connectivity index (χ4v) is 3.16. The van der Waals surface area contributed by atoms with Crippen LogP contribution in [0.25, 0.3) is 10.9 Å². The van der Waals surface area contributed by atoms with Crippen molar-refractivity contribution in [3.8, 4) is 0 Å². The van der Waals surface area contributed by atoms with Crippen molar-refractivity contribution < 1.29 is 29.4 Å². The molecular weight excluding hydrogens is 438 g/mol. The molecule has 1 heterocycles. The predicted octanol–water partition coefficient (Wildman–Crippen LogP) is -1.48. The first-order chi connectivity index (χ1) is 15.1. The number of rotatable bonds is 11. The number of fused-ring (bicyclic) bond motifs is 1. The van der Waals surface area contributed by atoms with Crippen LogP contribution in [0, 0.1) is 0 Å². The molecule has 2 rings (SSSR count). The van der Waals surface area contributed by atoms with E-state index in [9.17, 15) is 29.4 Å². The zero-order valence-electron chi connectivity index (χ0n) is 17.4. The molecule has 1 aromatic carbocycles. The van der Waals surface area contributed by atoms with Crippen LogP contribution in [0.5, 0.6) is 0 Å². The van der Waals surface area contributed by atoms with Crippen LogP contribution in [-0.2, 0) is 25.6 Å². The van der Waals surface area contributed by atoms with Gasteiger partial charge in [-0.3, -0.25) is 14.4 Å². The van der Waals surface area contributed by atoms with Gasteiger partial charge < -0.3 is 36.9 Å². The van der Waals surface area contributed by atoms with E-state index in [2.05, 4.69) is 33.6 Å². The number of para-hydroxylation sites is 1. The Hall–Kier alpha value is -3.09. The third-order valence-electron chi connectivity index (χ3n) is 4.75. The van der Waals surface area contributed by atoms with Gasteiger partial charge in [0.2, 0.25) is 17.7 Å². The van der Waals surface area contributed by atoms with Gasteiger partial charge in [-0.1, -0.05) is 18.2 Å². The molecule has 0 aliphatic rings. The van der Waals surface area contributed by atoms with Gasteiger partial charge in [0, 0.05) is 29.3 Å². The van der Waals surface area contributed by atoms with Crippen molar-refractivity contribution in [2.24, 2.45) is 5.73 Å². The van der Waals surface area contributed by atoms with Gasteiger partial charge >= 0.3 is 5.97 Å². The molecule has 174 valence electrons. The zero-order chi connectivity index (χ0) is 23.8. The number of carboxylic acid groups (broad SMARTS) is 1. The summed E-state index contributed by atoms with van der Waals surface area (Å²) >= 11 is 3.89. The lowest BCUT2D eigenvalue weighted by Crippen LogP contribution is -2.57. The van der Waals surface area contributed by atoms with E-state index >= 15 is 0 Å². The second-order valence-electron chi connectivity index (χ2n) is 7.26. The number of aromatic nitrogens is 1. The van der Waals surface area contributed by atoms with Crippen molar-refractivity contribution in [1.29, 1.82) is 0 Å². The number of H-pyrrole nitrogens is 1. The molecule has 4 atom stereocenters. The molecule has 4 unspecified atom stereocenters. The van der Waals surface area contributed by atoms with Crippen molar-refractivity contribution in [2.45, 2.75) is 37.6 Å². The van der Waals surface area contributed by atoms with Gasteiger partial charge in [0.15, 0.2) is 0 Å². The topological polar surface area (TPSA) is 187 Å². The number of aliphatic carboxylic acids is 1. The van der Waals surface area contributed by atoms with Crippen molar-refractivity contribution in [3.05, 3.63) is 36.0 Å². The highest BCUT2D eigenvalue weighted by Crippen LogP contribution is 2.19. The number of aromatic amines is 1. The summed E-state index contributed by atoms with van der Waals surface area (Å²) in [6.45, 7) is 0.796. The molecule has 32 heavy (non-hydrogen) atoms. The Bertz CT molecular complexity index is 978. The third kappa shape index (κ3) is 6.70. The molecule has 0 spiro atoms. The number of aliphatic hydroxyl groups is 1. The second-order valence-corrected chi connectivity index (χ2v) is 7.62. The van der Waals surface area contributed by atoms with E-state index < -0.39 is 54.5 Å². The Morgan fingerprint density at radius 1 is 1.16 bits per heavy atom. The van der Waals surface area contributed by atoms with E-state index in [1.807, 2.05) is 24.3 Å². The molecule has 11 nitrogen and oxygen atoms in total. The summed E-state index contributed by atoms with van der Waals surface area (Å²) in [6, 6.07) is 3.69. The van der Waals surface area contributed by atoms with E-state index in [0.29, 0.717) is 5.56 Å². The lowest BCUT2D eigenvalue weighted by Gasteiger charge is -2.23. The molecule has 0 aliphatic carbocycles. The molecule has 0 bridgehead atoms. The molecule has 8 N–H and O–H groups in total. The summed E-state index contributed by atoms with van der Waals surface area (Å²) in [5, 5.41) is 27.3. The Morgan fingerprint density at radius 2 is 1.84 bits per heavy atom. The average molecular weight is 466 g/mol. The SMILES string of the molecule is CC(O)C(NC(=O)CNC(=O)C(N)CS)C(=O)NC(Cc1c[nH]c2ccccc12)C(=O)O. The van der Waals surface area contributed by atoms with Gasteiger partial charge in [-0.2, -0.15) is 12.6 Å². The summed E-state index contributed by atoms with van der Waals surface area (Å²) < 4.78 is 0. The van der Waals surface area contributed by atoms with Gasteiger partial charge in [-0.25, -0.2) is 4.79 Å². The molecule has 0 saturated heterocycles. The maximum Gasteiger partial charge on any atom is 0.326 e. The van der Waals surface area contributed by atoms with Gasteiger partial charge in [-0.05, 0) is 18.6 Å². The maximum atomic E-state index is 12.6. The molecule has 0 radical (unpaired) electrons. The molecule has 1 aromatic heterocycles. The number of amides is 3. The van der Waals surface area contributed by atoms with E-state index in [1.54, 1.807) is 6.20 Å². The standard InChI is InChI=1S/C20H27N5O6S/c1-10(26)17(25-16(27)8-23-18(28)13(21)9-32)19(29)24-15(20(30)31)6-11-7-22-14-5-3-2-4-12(11)14/h2-5,7,10,13,15,17,22,26,32H,6,8-9,21H2,1H3,(H,23,28)(H,24,29)(H,25,27)(H,30,31). The summed E-state index contributed by atoms with van der Waals surface area (Å²) in [5.74, 6) is -3.42. The number of carboxylic acids is 1. The van der Waals surface area contributed by atoms with Gasteiger partial charge in [-0.15, -0.1) is 0 Å². The number of aliphatic hydroxyl groups excluding tert-OH is 1. The Morgan fingerprint density at radius 3 is 2.47 bits per heavy atom. The van der Waals surface area contributed by atoms with Crippen LogP contribution in [0.4, 0.5) is 0 Å². The van der Waals surface area contributed by atoms with Crippen LogP contribution in [0.2, 0.25) is 0 Å². The lowest BCUT2D eigenvalue weighted by atomic mass is 10.0. The molecular formula is C20H27N5O6S. The van der Waals surface area contributed by atoms with E-state index in [0.717, 1.165) is 10.9 Å². The number of carbonyl (C=O) groups excluding carboxylic acids is 3. The molecule has 0 saturated carbocycles. The average Bonchev–Trinajstić information content (AvgIpc) is 3.17. The van der Waals surface area contributed by atoms with E-state index in [4.69, 9.17) is 5.73 Å². The summed E-state index contributed by atoms with van der Waals surface area (Å²) in [7, 11) is 0. The van der Waals surface area contributed by atoms with E-state index in [-0.39, 0.29) is 12.2 Å². The number of benzene rings is 1. The lowest BCUT2D eigenvalue weighted by molar-refractivity contribution is -0.142. The van der Waals surface area contributed by atoms with Crippen LogP contribution < -0.4 is 21.7 Å². The summed E-state index contributed by atoms with van der Waals surface area (Å²) in [5.41, 5.74) is 7.01.